The van der Waals surface area contributed by atoms with E-state index in [1.807, 2.05) is 0 Å². The largest absolute Gasteiger partial charge is 0.342 e. The van der Waals surface area contributed by atoms with E-state index in [1.165, 1.54) is 0 Å². The third-order valence-corrected chi connectivity index (χ3v) is 4.43. The molecule has 4 heteroatoms. The molecule has 2 heterocycles. The molecular weight excluding hydrogens is 226 g/mol. The molecule has 0 aromatic rings. The summed E-state index contributed by atoms with van der Waals surface area (Å²) >= 11 is 0. The van der Waals surface area contributed by atoms with E-state index in [0.717, 1.165) is 51.5 Å². The minimum Gasteiger partial charge on any atom is -0.342 e. The molecule has 2 aliphatic rings. The van der Waals surface area contributed by atoms with Gasteiger partial charge in [0.15, 0.2) is 0 Å². The number of likely N-dealkylation sites (tertiary alicyclic amines) is 1. The minimum atomic E-state index is 0.0942. The number of piperidine rings is 1. The van der Waals surface area contributed by atoms with Gasteiger partial charge in [-0.05, 0) is 32.6 Å². The first-order valence-corrected chi connectivity index (χ1v) is 7.22. The zero-order valence-electron chi connectivity index (χ0n) is 12.0. The van der Waals surface area contributed by atoms with E-state index in [9.17, 15) is 4.79 Å². The van der Waals surface area contributed by atoms with Crippen LogP contribution in [0.2, 0.25) is 0 Å². The molecule has 2 saturated heterocycles. The quantitative estimate of drug-likeness (QED) is 0.795. The fourth-order valence-corrected chi connectivity index (χ4v) is 2.84. The molecule has 2 aliphatic heterocycles. The average Bonchev–Trinajstić information content (AvgIpc) is 2.32. The summed E-state index contributed by atoms with van der Waals surface area (Å²) in [5.74, 6) is 1.10. The number of piperazine rings is 1. The third-order valence-electron chi connectivity index (χ3n) is 4.43. The standard InChI is InChI=1S/C14H27N3O/c1-12-4-7-16(8-5-12)13(18)10-17-9-6-15-11-14(17,2)3/h12,15H,4-11H2,1-3H3. The second kappa shape index (κ2) is 5.57. The van der Waals surface area contributed by atoms with Crippen molar-refractivity contribution in [2.24, 2.45) is 5.92 Å². The smallest absolute Gasteiger partial charge is 0.236 e. The normalized spacial score (nSPS) is 26.3. The van der Waals surface area contributed by atoms with Gasteiger partial charge in [-0.2, -0.15) is 0 Å². The van der Waals surface area contributed by atoms with Crippen molar-refractivity contribution in [3.05, 3.63) is 0 Å². The summed E-state index contributed by atoms with van der Waals surface area (Å²) in [5.41, 5.74) is 0.0942. The molecule has 0 aromatic heterocycles. The predicted octanol–water partition coefficient (Wildman–Crippen LogP) is 0.929. The van der Waals surface area contributed by atoms with E-state index in [4.69, 9.17) is 0 Å². The fourth-order valence-electron chi connectivity index (χ4n) is 2.84. The molecule has 0 bridgehead atoms. The molecule has 18 heavy (non-hydrogen) atoms. The minimum absolute atomic E-state index is 0.0942. The van der Waals surface area contributed by atoms with Gasteiger partial charge in [0.1, 0.15) is 0 Å². The van der Waals surface area contributed by atoms with Crippen molar-refractivity contribution in [1.29, 1.82) is 0 Å². The summed E-state index contributed by atoms with van der Waals surface area (Å²) in [7, 11) is 0. The van der Waals surface area contributed by atoms with Crippen LogP contribution in [0.15, 0.2) is 0 Å². The van der Waals surface area contributed by atoms with Crippen molar-refractivity contribution in [2.45, 2.75) is 39.2 Å². The van der Waals surface area contributed by atoms with Crippen molar-refractivity contribution in [1.82, 2.24) is 15.1 Å². The van der Waals surface area contributed by atoms with E-state index < -0.39 is 0 Å². The summed E-state index contributed by atoms with van der Waals surface area (Å²) in [6, 6.07) is 0. The summed E-state index contributed by atoms with van der Waals surface area (Å²) in [4.78, 5) is 16.7. The van der Waals surface area contributed by atoms with Gasteiger partial charge in [0.2, 0.25) is 5.91 Å². The molecular formula is C14H27N3O. The molecule has 0 spiro atoms. The van der Waals surface area contributed by atoms with Crippen molar-refractivity contribution in [3.8, 4) is 0 Å². The van der Waals surface area contributed by atoms with E-state index in [1.54, 1.807) is 0 Å². The number of amides is 1. The van der Waals surface area contributed by atoms with Gasteiger partial charge in [-0.1, -0.05) is 6.92 Å². The summed E-state index contributed by atoms with van der Waals surface area (Å²) in [6.45, 7) is 12.1. The van der Waals surface area contributed by atoms with Gasteiger partial charge >= 0.3 is 0 Å². The average molecular weight is 253 g/mol. The van der Waals surface area contributed by atoms with Gasteiger partial charge in [-0.15, -0.1) is 0 Å². The van der Waals surface area contributed by atoms with Crippen LogP contribution in [0.4, 0.5) is 0 Å². The zero-order valence-corrected chi connectivity index (χ0v) is 12.0. The summed E-state index contributed by atoms with van der Waals surface area (Å²) in [6.07, 6.45) is 2.33. The van der Waals surface area contributed by atoms with Gasteiger partial charge in [0, 0.05) is 38.3 Å². The molecule has 1 amide bonds. The Morgan fingerprint density at radius 1 is 1.28 bits per heavy atom. The van der Waals surface area contributed by atoms with Crippen LogP contribution in [-0.4, -0.2) is 60.5 Å². The number of hydrogen-bond acceptors (Lipinski definition) is 3. The van der Waals surface area contributed by atoms with Crippen molar-refractivity contribution in [3.63, 3.8) is 0 Å². The fraction of sp³-hybridized carbons (Fsp3) is 0.929. The third kappa shape index (κ3) is 3.23. The van der Waals surface area contributed by atoms with Gasteiger partial charge < -0.3 is 10.2 Å². The van der Waals surface area contributed by atoms with Crippen LogP contribution >= 0.6 is 0 Å². The van der Waals surface area contributed by atoms with E-state index in [0.29, 0.717) is 12.5 Å². The molecule has 2 rings (SSSR count). The van der Waals surface area contributed by atoms with Crippen molar-refractivity contribution < 1.29 is 4.79 Å². The monoisotopic (exact) mass is 253 g/mol. The van der Waals surface area contributed by atoms with E-state index in [-0.39, 0.29) is 5.54 Å². The second-order valence-electron chi connectivity index (χ2n) is 6.47. The van der Waals surface area contributed by atoms with Crippen LogP contribution in [0.5, 0.6) is 0 Å². The molecule has 0 unspecified atom stereocenters. The van der Waals surface area contributed by atoms with Crippen LogP contribution in [-0.2, 0) is 4.79 Å². The lowest BCUT2D eigenvalue weighted by Gasteiger charge is -2.43. The highest BCUT2D eigenvalue weighted by Gasteiger charge is 2.32. The molecule has 4 nitrogen and oxygen atoms in total. The van der Waals surface area contributed by atoms with Gasteiger partial charge in [-0.25, -0.2) is 0 Å². The SMILES string of the molecule is CC1CCN(C(=O)CN2CCNCC2(C)C)CC1. The maximum Gasteiger partial charge on any atom is 0.236 e. The van der Waals surface area contributed by atoms with Crippen LogP contribution in [0.25, 0.3) is 0 Å². The second-order valence-corrected chi connectivity index (χ2v) is 6.47. The van der Waals surface area contributed by atoms with Gasteiger partial charge in [-0.3, -0.25) is 9.69 Å². The molecule has 0 aliphatic carbocycles. The predicted molar refractivity (Wildman–Crippen MR) is 73.5 cm³/mol. The highest BCUT2D eigenvalue weighted by molar-refractivity contribution is 5.78. The van der Waals surface area contributed by atoms with E-state index in [2.05, 4.69) is 35.9 Å². The summed E-state index contributed by atoms with van der Waals surface area (Å²) < 4.78 is 0. The number of nitrogens with one attached hydrogen (secondary N) is 1. The number of carbonyl (C=O) groups is 1. The Kier molecular flexibility index (Phi) is 4.28. The topological polar surface area (TPSA) is 35.6 Å². The first kappa shape index (κ1) is 13.8. The number of carbonyl (C=O) groups excluding carboxylic acids is 1. The highest BCUT2D eigenvalue weighted by atomic mass is 16.2. The van der Waals surface area contributed by atoms with Gasteiger partial charge in [0.05, 0.1) is 6.54 Å². The Bertz CT molecular complexity index is 295. The Balaban J connectivity index is 1.86. The van der Waals surface area contributed by atoms with Crippen LogP contribution in [0.3, 0.4) is 0 Å². The maximum atomic E-state index is 12.3. The molecule has 2 fully saturated rings. The first-order chi connectivity index (χ1) is 8.49. The lowest BCUT2D eigenvalue weighted by molar-refractivity contribution is -0.135. The van der Waals surface area contributed by atoms with Crippen molar-refractivity contribution >= 4 is 5.91 Å². The van der Waals surface area contributed by atoms with Crippen molar-refractivity contribution in [2.75, 3.05) is 39.3 Å². The number of hydrogen-bond donors (Lipinski definition) is 1. The highest BCUT2D eigenvalue weighted by Crippen LogP contribution is 2.19. The van der Waals surface area contributed by atoms with E-state index >= 15 is 0 Å². The molecule has 0 saturated carbocycles. The maximum absolute atomic E-state index is 12.3. The molecule has 0 atom stereocenters. The Morgan fingerprint density at radius 2 is 1.94 bits per heavy atom. The zero-order chi connectivity index (χ0) is 13.2. The Morgan fingerprint density at radius 3 is 2.56 bits per heavy atom. The molecule has 1 N–H and O–H groups in total. The Labute approximate surface area is 111 Å². The first-order valence-electron chi connectivity index (χ1n) is 7.22. The summed E-state index contributed by atoms with van der Waals surface area (Å²) in [5, 5.41) is 3.40. The molecule has 0 aromatic carbocycles. The Hall–Kier alpha value is -0.610. The molecule has 104 valence electrons. The number of rotatable bonds is 2. The molecule has 0 radical (unpaired) electrons. The van der Waals surface area contributed by atoms with Gasteiger partial charge in [0.25, 0.3) is 0 Å². The lowest BCUT2D eigenvalue weighted by Crippen LogP contribution is -2.60. The van der Waals surface area contributed by atoms with Crippen LogP contribution in [0.1, 0.15) is 33.6 Å². The van der Waals surface area contributed by atoms with Crippen LogP contribution in [0, 0.1) is 5.92 Å². The number of nitrogens with zero attached hydrogens (tertiary/aromatic N) is 2. The van der Waals surface area contributed by atoms with Crippen LogP contribution < -0.4 is 5.32 Å². The lowest BCUT2D eigenvalue weighted by atomic mass is 9.98.